The van der Waals surface area contributed by atoms with Gasteiger partial charge in [-0.05, 0) is 70.9 Å². The number of halogens is 2. The third kappa shape index (κ3) is 4.76. The van der Waals surface area contributed by atoms with Crippen LogP contribution >= 0.6 is 27.5 Å². The molecule has 3 aromatic carbocycles. The molecule has 6 rings (SSSR count). The summed E-state index contributed by atoms with van der Waals surface area (Å²) in [5.41, 5.74) is 2.93. The molecule has 1 aliphatic heterocycles. The zero-order valence-electron chi connectivity index (χ0n) is 21.5. The van der Waals surface area contributed by atoms with Crippen molar-refractivity contribution in [1.29, 1.82) is 0 Å². The maximum absolute atomic E-state index is 13.8. The van der Waals surface area contributed by atoms with E-state index < -0.39 is 5.91 Å². The highest BCUT2D eigenvalue weighted by Crippen LogP contribution is 2.27. The molecule has 0 saturated heterocycles. The summed E-state index contributed by atoms with van der Waals surface area (Å²) >= 11 is 9.59. The van der Waals surface area contributed by atoms with Crippen LogP contribution in [0, 0.1) is 6.92 Å². The van der Waals surface area contributed by atoms with Crippen LogP contribution in [0.15, 0.2) is 86.5 Å². The summed E-state index contributed by atoms with van der Waals surface area (Å²) in [4.78, 5) is 42.6. The summed E-state index contributed by atoms with van der Waals surface area (Å²) in [6.45, 7) is 2.81. The molecule has 0 fully saturated rings. The molecule has 202 valence electrons. The van der Waals surface area contributed by atoms with Crippen molar-refractivity contribution < 1.29 is 14.0 Å². The number of furan rings is 1. The van der Waals surface area contributed by atoms with E-state index in [-0.39, 0.29) is 30.4 Å². The highest BCUT2D eigenvalue weighted by Gasteiger charge is 2.32. The number of nitrogens with zero attached hydrogens (tertiary/aromatic N) is 3. The Morgan fingerprint density at radius 1 is 1.02 bits per heavy atom. The van der Waals surface area contributed by atoms with E-state index in [1.165, 1.54) is 4.57 Å². The van der Waals surface area contributed by atoms with Crippen molar-refractivity contribution in [3.63, 3.8) is 0 Å². The zero-order valence-corrected chi connectivity index (χ0v) is 23.8. The van der Waals surface area contributed by atoms with Crippen molar-refractivity contribution in [2.75, 3.05) is 6.54 Å². The van der Waals surface area contributed by atoms with Crippen LogP contribution in [0.4, 0.5) is 0 Å². The van der Waals surface area contributed by atoms with E-state index >= 15 is 0 Å². The largest absolute Gasteiger partial charge is 0.461 e. The van der Waals surface area contributed by atoms with E-state index in [9.17, 15) is 14.4 Å². The first-order chi connectivity index (χ1) is 19.3. The number of hydrogen-bond acceptors (Lipinski definition) is 4. The molecule has 2 amide bonds. The molecular weight excluding hydrogens is 596 g/mol. The summed E-state index contributed by atoms with van der Waals surface area (Å²) in [5, 5.41) is 4.22. The first-order valence-electron chi connectivity index (χ1n) is 12.7. The first kappa shape index (κ1) is 26.2. The Kier molecular flexibility index (Phi) is 6.85. The summed E-state index contributed by atoms with van der Waals surface area (Å²) in [6.07, 6.45) is 0. The highest BCUT2D eigenvalue weighted by atomic mass is 79.9. The normalized spacial score (nSPS) is 12.9. The molecule has 0 radical (unpaired) electrons. The highest BCUT2D eigenvalue weighted by molar-refractivity contribution is 9.10. The average molecular weight is 620 g/mol. The van der Waals surface area contributed by atoms with Gasteiger partial charge in [0.15, 0.2) is 0 Å². The molecule has 2 aromatic heterocycles. The maximum atomic E-state index is 13.8. The van der Waals surface area contributed by atoms with Crippen molar-refractivity contribution in [1.82, 2.24) is 19.4 Å². The Morgan fingerprint density at radius 3 is 2.60 bits per heavy atom. The molecule has 0 spiro atoms. The van der Waals surface area contributed by atoms with Crippen molar-refractivity contribution in [3.05, 3.63) is 121 Å². The van der Waals surface area contributed by atoms with E-state index in [0.29, 0.717) is 45.1 Å². The fraction of sp³-hybridized carbons (Fsp3) is 0.167. The van der Waals surface area contributed by atoms with Gasteiger partial charge in [0.2, 0.25) is 0 Å². The number of benzene rings is 3. The second-order valence-electron chi connectivity index (χ2n) is 9.67. The SMILES string of the molecule is Cc1cc2cc(-n3c(C(=O)NCc4ccccc4)c4n(c3=O)CCN(C(=O)c3ccc(Br)c(Cl)c3)C4)ccc2o1. The van der Waals surface area contributed by atoms with Gasteiger partial charge in [-0.2, -0.15) is 0 Å². The number of rotatable bonds is 5. The molecule has 0 aliphatic carbocycles. The molecule has 5 aromatic rings. The number of fused-ring (bicyclic) bond motifs is 2. The number of imidazole rings is 1. The van der Waals surface area contributed by atoms with Gasteiger partial charge in [0.05, 0.1) is 22.9 Å². The quantitative estimate of drug-likeness (QED) is 0.274. The molecule has 40 heavy (non-hydrogen) atoms. The maximum Gasteiger partial charge on any atom is 0.333 e. The molecule has 0 unspecified atom stereocenters. The number of aromatic nitrogens is 2. The monoisotopic (exact) mass is 618 g/mol. The third-order valence-corrected chi connectivity index (χ3v) is 8.26. The van der Waals surface area contributed by atoms with E-state index in [4.69, 9.17) is 16.0 Å². The number of hydrogen-bond donors (Lipinski definition) is 1. The Bertz CT molecular complexity index is 1840. The van der Waals surface area contributed by atoms with Crippen molar-refractivity contribution >= 4 is 50.3 Å². The minimum Gasteiger partial charge on any atom is -0.461 e. The predicted octanol–water partition coefficient (Wildman–Crippen LogP) is 5.70. The van der Waals surface area contributed by atoms with Crippen LogP contribution in [0.2, 0.25) is 5.02 Å². The first-order valence-corrected chi connectivity index (χ1v) is 13.9. The van der Waals surface area contributed by atoms with E-state index in [1.54, 1.807) is 39.8 Å². The average Bonchev–Trinajstić information content (AvgIpc) is 3.48. The van der Waals surface area contributed by atoms with Gasteiger partial charge < -0.3 is 14.6 Å². The smallest absolute Gasteiger partial charge is 0.333 e. The summed E-state index contributed by atoms with van der Waals surface area (Å²) in [6, 6.07) is 21.8. The number of carbonyl (C=O) groups is 2. The topological polar surface area (TPSA) is 89.5 Å². The lowest BCUT2D eigenvalue weighted by Crippen LogP contribution is -2.41. The molecule has 1 aliphatic rings. The van der Waals surface area contributed by atoms with Gasteiger partial charge >= 0.3 is 5.69 Å². The van der Waals surface area contributed by atoms with E-state index in [0.717, 1.165) is 16.7 Å². The Morgan fingerprint density at radius 2 is 1.82 bits per heavy atom. The van der Waals surface area contributed by atoms with Gasteiger partial charge in [-0.25, -0.2) is 4.79 Å². The van der Waals surface area contributed by atoms with E-state index in [2.05, 4.69) is 21.2 Å². The lowest BCUT2D eigenvalue weighted by atomic mass is 10.1. The zero-order chi connectivity index (χ0) is 28.0. The standard InChI is InChI=1S/C30H24BrClN4O4/c1-18-13-21-14-22(8-10-26(21)40-18)36-27(28(37)33-16-19-5-3-2-4-6-19)25-17-34(11-12-35(25)30(36)39)29(38)20-7-9-23(31)24(32)15-20/h2-10,13-15H,11-12,16-17H2,1H3,(H,33,37). The second-order valence-corrected chi connectivity index (χ2v) is 10.9. The molecule has 10 heteroatoms. The lowest BCUT2D eigenvalue weighted by Gasteiger charge is -2.28. The molecule has 1 N–H and O–H groups in total. The van der Waals surface area contributed by atoms with Crippen LogP contribution < -0.4 is 11.0 Å². The van der Waals surface area contributed by atoms with E-state index in [1.807, 2.05) is 49.4 Å². The van der Waals surface area contributed by atoms with Crippen LogP contribution in [-0.4, -0.2) is 32.4 Å². The Labute approximate surface area is 242 Å². The van der Waals surface area contributed by atoms with Gasteiger partial charge in [-0.15, -0.1) is 0 Å². The lowest BCUT2D eigenvalue weighted by molar-refractivity contribution is 0.0706. The Hall–Kier alpha value is -4.08. The number of amides is 2. The molecular formula is C30H24BrClN4O4. The van der Waals surface area contributed by atoms with Crippen LogP contribution in [0.1, 0.15) is 37.9 Å². The Balaban J connectivity index is 1.42. The van der Waals surface area contributed by atoms with Gasteiger partial charge in [0, 0.05) is 35.1 Å². The van der Waals surface area contributed by atoms with Crippen LogP contribution in [0.3, 0.4) is 0 Å². The minimum absolute atomic E-state index is 0.0932. The van der Waals surface area contributed by atoms with Gasteiger partial charge in [-0.3, -0.25) is 18.7 Å². The van der Waals surface area contributed by atoms with Crippen LogP contribution in [0.25, 0.3) is 16.7 Å². The number of carbonyl (C=O) groups excluding carboxylic acids is 2. The van der Waals surface area contributed by atoms with Crippen molar-refractivity contribution in [2.45, 2.75) is 26.6 Å². The van der Waals surface area contributed by atoms with Crippen molar-refractivity contribution in [2.24, 2.45) is 0 Å². The number of nitrogens with one attached hydrogen (secondary N) is 1. The predicted molar refractivity (Wildman–Crippen MR) is 156 cm³/mol. The molecule has 0 bridgehead atoms. The van der Waals surface area contributed by atoms with Gasteiger partial charge in [0.25, 0.3) is 11.8 Å². The van der Waals surface area contributed by atoms with Gasteiger partial charge in [0.1, 0.15) is 17.0 Å². The molecule has 3 heterocycles. The second kappa shape index (κ2) is 10.5. The third-order valence-electron chi connectivity index (χ3n) is 7.03. The van der Waals surface area contributed by atoms with Crippen LogP contribution in [0.5, 0.6) is 0 Å². The van der Waals surface area contributed by atoms with Crippen LogP contribution in [-0.2, 0) is 19.6 Å². The minimum atomic E-state index is -0.404. The fourth-order valence-corrected chi connectivity index (χ4v) is 5.51. The summed E-state index contributed by atoms with van der Waals surface area (Å²) < 4.78 is 9.41. The number of aryl methyl sites for hydroxylation is 1. The fourth-order valence-electron chi connectivity index (χ4n) is 5.08. The van der Waals surface area contributed by atoms with Gasteiger partial charge in [-0.1, -0.05) is 41.9 Å². The molecule has 0 saturated carbocycles. The summed E-state index contributed by atoms with van der Waals surface area (Å²) in [7, 11) is 0. The molecule has 0 atom stereocenters. The van der Waals surface area contributed by atoms with Crippen molar-refractivity contribution in [3.8, 4) is 5.69 Å². The summed E-state index contributed by atoms with van der Waals surface area (Å²) in [5.74, 6) is 0.115. The molecule has 8 nitrogen and oxygen atoms in total.